The number of carbonyl (C=O) groups is 1. The Kier molecular flexibility index (Phi) is 5.71. The lowest BCUT2D eigenvalue weighted by molar-refractivity contribution is -0.131. The number of carboxylic acid groups (broad SMARTS) is 1. The maximum absolute atomic E-state index is 12.0. The van der Waals surface area contributed by atoms with Crippen LogP contribution in [0.15, 0.2) is 83.0 Å². The number of rotatable bonds is 7. The van der Waals surface area contributed by atoms with Crippen LogP contribution in [0.1, 0.15) is 23.9 Å². The van der Waals surface area contributed by atoms with Gasteiger partial charge in [0.25, 0.3) is 0 Å². The van der Waals surface area contributed by atoms with Crippen molar-refractivity contribution in [3.05, 3.63) is 94.8 Å². The van der Waals surface area contributed by atoms with Gasteiger partial charge >= 0.3 is 5.97 Å². The van der Waals surface area contributed by atoms with E-state index in [4.69, 9.17) is 0 Å². The molecule has 0 saturated heterocycles. The van der Waals surface area contributed by atoms with E-state index in [2.05, 4.69) is 62.2 Å². The molecule has 7 heteroatoms. The van der Waals surface area contributed by atoms with Crippen molar-refractivity contribution in [3.63, 3.8) is 0 Å². The average molecular weight is 455 g/mol. The summed E-state index contributed by atoms with van der Waals surface area (Å²) >= 11 is 1.05. The zero-order chi connectivity index (χ0) is 22.8. The van der Waals surface area contributed by atoms with Crippen LogP contribution in [0.2, 0.25) is 0 Å². The first kappa shape index (κ1) is 21.0. The highest BCUT2D eigenvalue weighted by Gasteiger charge is 2.16. The number of benzene rings is 3. The highest BCUT2D eigenvalue weighted by atomic mass is 32.2. The molecule has 5 rings (SSSR count). The summed E-state index contributed by atoms with van der Waals surface area (Å²) in [6.07, 6.45) is 4.43. The molecule has 0 bridgehead atoms. The quantitative estimate of drug-likeness (QED) is 0.242. The monoisotopic (exact) mass is 454 g/mol. The van der Waals surface area contributed by atoms with Crippen LogP contribution in [-0.4, -0.2) is 30.8 Å². The highest BCUT2D eigenvalue weighted by molar-refractivity contribution is 8.04. The number of aromatic nitrogens is 4. The molecule has 164 valence electrons. The van der Waals surface area contributed by atoms with Crippen molar-refractivity contribution < 1.29 is 9.90 Å². The summed E-state index contributed by atoms with van der Waals surface area (Å²) in [5.74, 6) is -0.275. The largest absolute Gasteiger partial charge is 0.477 e. The summed E-state index contributed by atoms with van der Waals surface area (Å²) in [6.45, 7) is 2.65. The molecule has 0 fully saturated rings. The summed E-state index contributed by atoms with van der Waals surface area (Å²) in [6, 6.07) is 22.7. The van der Waals surface area contributed by atoms with E-state index in [0.29, 0.717) is 18.1 Å². The topological polar surface area (TPSA) is 83.8 Å². The standard InChI is InChI=1S/C26H22N4O2S/c1-2-24-27-26(29-28-24)33-23(25(31)32)14-19-16-30(22-13-6-5-12-21(19)22)15-18-10-7-9-17-8-3-4-11-20(17)18/h3-14,16H,2,15H2,1H3,(H,31,32)(H,27,28,29)/b23-14-. The molecule has 0 spiro atoms. The van der Waals surface area contributed by atoms with Crippen LogP contribution in [0, 0.1) is 0 Å². The first-order chi connectivity index (χ1) is 16.1. The molecule has 2 aromatic heterocycles. The second-order valence-corrected chi connectivity index (χ2v) is 8.71. The molecule has 0 radical (unpaired) electrons. The van der Waals surface area contributed by atoms with Crippen LogP contribution in [0.4, 0.5) is 0 Å². The fourth-order valence-electron chi connectivity index (χ4n) is 3.99. The van der Waals surface area contributed by atoms with Gasteiger partial charge in [-0.3, -0.25) is 5.10 Å². The van der Waals surface area contributed by atoms with Gasteiger partial charge in [0.05, 0.1) is 0 Å². The van der Waals surface area contributed by atoms with Gasteiger partial charge in [0, 0.05) is 35.6 Å². The number of nitrogens with one attached hydrogen (secondary N) is 1. The number of aryl methyl sites for hydroxylation is 1. The number of thioether (sulfide) groups is 1. The van der Waals surface area contributed by atoms with Gasteiger partial charge in [-0.2, -0.15) is 0 Å². The van der Waals surface area contributed by atoms with Crippen molar-refractivity contribution in [1.29, 1.82) is 0 Å². The van der Waals surface area contributed by atoms with Gasteiger partial charge in [-0.05, 0) is 40.2 Å². The SMILES string of the molecule is CCc1nc(S/C(=C\c2cn(Cc3cccc4ccccc34)c3ccccc23)C(=O)O)n[nH]1. The van der Waals surface area contributed by atoms with Gasteiger partial charge in [0.15, 0.2) is 0 Å². The zero-order valence-corrected chi connectivity index (χ0v) is 18.8. The van der Waals surface area contributed by atoms with Crippen LogP contribution in [0.5, 0.6) is 0 Å². The van der Waals surface area contributed by atoms with E-state index in [1.54, 1.807) is 6.08 Å². The highest BCUT2D eigenvalue weighted by Crippen LogP contribution is 2.30. The van der Waals surface area contributed by atoms with Gasteiger partial charge < -0.3 is 9.67 Å². The van der Waals surface area contributed by atoms with Gasteiger partial charge in [-0.15, -0.1) is 5.10 Å². The molecule has 0 aliphatic rings. The van der Waals surface area contributed by atoms with Crippen molar-refractivity contribution in [3.8, 4) is 0 Å². The molecule has 5 aromatic rings. The van der Waals surface area contributed by atoms with Crippen molar-refractivity contribution in [2.75, 3.05) is 0 Å². The average Bonchev–Trinajstić information content (AvgIpc) is 3.43. The van der Waals surface area contributed by atoms with Gasteiger partial charge in [-0.1, -0.05) is 67.6 Å². The molecule has 0 aliphatic carbocycles. The Bertz CT molecular complexity index is 1490. The van der Waals surface area contributed by atoms with Crippen LogP contribution in [0.3, 0.4) is 0 Å². The summed E-state index contributed by atoms with van der Waals surface area (Å²) in [4.78, 5) is 16.5. The summed E-state index contributed by atoms with van der Waals surface area (Å²) < 4.78 is 2.18. The Morgan fingerprint density at radius 1 is 1.06 bits per heavy atom. The number of hydrogen-bond acceptors (Lipinski definition) is 4. The van der Waals surface area contributed by atoms with E-state index in [-0.39, 0.29) is 4.91 Å². The third kappa shape index (κ3) is 4.27. The van der Waals surface area contributed by atoms with Crippen LogP contribution >= 0.6 is 11.8 Å². The molecule has 2 N–H and O–H groups in total. The molecule has 0 aliphatic heterocycles. The number of carboxylic acids is 1. The minimum Gasteiger partial charge on any atom is -0.477 e. The Morgan fingerprint density at radius 3 is 2.61 bits per heavy atom. The lowest BCUT2D eigenvalue weighted by Crippen LogP contribution is -1.99. The van der Waals surface area contributed by atoms with Crippen molar-refractivity contribution >= 4 is 45.5 Å². The van der Waals surface area contributed by atoms with E-state index in [1.807, 2.05) is 37.4 Å². The second kappa shape index (κ2) is 8.96. The molecule has 2 heterocycles. The first-order valence-corrected chi connectivity index (χ1v) is 11.5. The third-order valence-electron chi connectivity index (χ3n) is 5.58. The number of H-pyrrole nitrogens is 1. The van der Waals surface area contributed by atoms with Crippen molar-refractivity contribution in [2.24, 2.45) is 0 Å². The second-order valence-electron chi connectivity index (χ2n) is 7.70. The number of hydrogen-bond donors (Lipinski definition) is 2. The predicted octanol–water partition coefficient (Wildman–Crippen LogP) is 5.74. The van der Waals surface area contributed by atoms with Crippen LogP contribution < -0.4 is 0 Å². The number of nitrogens with zero attached hydrogens (tertiary/aromatic N) is 3. The number of fused-ring (bicyclic) bond motifs is 2. The molecule has 6 nitrogen and oxygen atoms in total. The lowest BCUT2D eigenvalue weighted by Gasteiger charge is -2.09. The molecule has 0 amide bonds. The van der Waals surface area contributed by atoms with E-state index >= 15 is 0 Å². The Balaban J connectivity index is 1.55. The van der Waals surface area contributed by atoms with E-state index < -0.39 is 5.97 Å². The van der Waals surface area contributed by atoms with E-state index in [0.717, 1.165) is 34.1 Å². The molecule has 3 aromatic carbocycles. The minimum atomic E-state index is -1.01. The predicted molar refractivity (Wildman–Crippen MR) is 132 cm³/mol. The Hall–Kier alpha value is -3.84. The van der Waals surface area contributed by atoms with E-state index in [9.17, 15) is 9.90 Å². The fraction of sp³-hybridized carbons (Fsp3) is 0.115. The third-order valence-corrected chi connectivity index (χ3v) is 6.46. The molecule has 0 unspecified atom stereocenters. The van der Waals surface area contributed by atoms with Crippen molar-refractivity contribution in [1.82, 2.24) is 19.7 Å². The molecule has 0 atom stereocenters. The number of para-hydroxylation sites is 1. The van der Waals surface area contributed by atoms with Gasteiger partial charge in [-0.25, -0.2) is 9.78 Å². The first-order valence-electron chi connectivity index (χ1n) is 10.7. The Morgan fingerprint density at radius 2 is 1.82 bits per heavy atom. The lowest BCUT2D eigenvalue weighted by atomic mass is 10.0. The van der Waals surface area contributed by atoms with Gasteiger partial charge in [0.1, 0.15) is 10.7 Å². The normalized spacial score (nSPS) is 12.0. The summed E-state index contributed by atoms with van der Waals surface area (Å²) in [5.41, 5.74) is 3.12. The summed E-state index contributed by atoms with van der Waals surface area (Å²) in [5, 5.41) is 20.6. The molecule has 0 saturated carbocycles. The van der Waals surface area contributed by atoms with Crippen molar-refractivity contribution in [2.45, 2.75) is 25.0 Å². The Labute approximate surface area is 195 Å². The van der Waals surface area contributed by atoms with E-state index in [1.165, 1.54) is 16.3 Å². The number of aliphatic carboxylic acids is 1. The molecular formula is C26H22N4O2S. The minimum absolute atomic E-state index is 0.171. The molecular weight excluding hydrogens is 432 g/mol. The maximum atomic E-state index is 12.0. The van der Waals surface area contributed by atoms with Gasteiger partial charge in [0.2, 0.25) is 5.16 Å². The summed E-state index contributed by atoms with van der Waals surface area (Å²) in [7, 11) is 0. The van der Waals surface area contributed by atoms with Crippen LogP contribution in [0.25, 0.3) is 27.8 Å². The molecule has 33 heavy (non-hydrogen) atoms. The maximum Gasteiger partial charge on any atom is 0.342 e. The number of aromatic amines is 1. The smallest absolute Gasteiger partial charge is 0.342 e. The van der Waals surface area contributed by atoms with Crippen LogP contribution in [-0.2, 0) is 17.8 Å². The zero-order valence-electron chi connectivity index (χ0n) is 18.0. The fourth-order valence-corrected chi connectivity index (χ4v) is 4.71.